The van der Waals surface area contributed by atoms with Gasteiger partial charge in [-0.05, 0) is 23.3 Å². The minimum Gasteiger partial charge on any atom is -0.136 e. The van der Waals surface area contributed by atoms with Gasteiger partial charge in [-0.2, -0.15) is 0 Å². The number of rotatable bonds is 1. The highest BCUT2D eigenvalue weighted by molar-refractivity contribution is 5.85. The van der Waals surface area contributed by atoms with Gasteiger partial charge >= 0.3 is 0 Å². The van der Waals surface area contributed by atoms with E-state index in [4.69, 9.17) is 0 Å². The highest BCUT2D eigenvalue weighted by Gasteiger charge is 2.04. The molecule has 0 N–H and O–H groups in total. The van der Waals surface area contributed by atoms with Crippen molar-refractivity contribution >= 4 is 10.8 Å². The average Bonchev–Trinajstić information content (AvgIpc) is 2.17. The fourth-order valence-corrected chi connectivity index (χ4v) is 1.61. The van der Waals surface area contributed by atoms with E-state index in [0.29, 0.717) is 0 Å². The van der Waals surface area contributed by atoms with Crippen molar-refractivity contribution in [2.45, 2.75) is 13.0 Å². The summed E-state index contributed by atoms with van der Waals surface area (Å²) in [6, 6.07) is 13.7. The molecule has 0 saturated heterocycles. The summed E-state index contributed by atoms with van der Waals surface area (Å²) in [6.07, 6.45) is 0. The van der Waals surface area contributed by atoms with Crippen LogP contribution in [0.15, 0.2) is 42.5 Å². The second kappa shape index (κ2) is 3.19. The molecule has 2 radical (unpaired) electrons. The monoisotopic (exact) mass is 169 g/mol. The second-order valence-corrected chi connectivity index (χ2v) is 3.24. The van der Waals surface area contributed by atoms with E-state index in [1.54, 1.807) is 6.92 Å². The van der Waals surface area contributed by atoms with E-state index in [2.05, 4.69) is 12.1 Å². The van der Waals surface area contributed by atoms with E-state index in [-0.39, 0.29) is 0 Å². The van der Waals surface area contributed by atoms with Gasteiger partial charge in [0.2, 0.25) is 0 Å². The summed E-state index contributed by atoms with van der Waals surface area (Å²) in [5.41, 5.74) is 10.5. The largest absolute Gasteiger partial charge is 0.136 e. The fraction of sp³-hybridized carbons (Fsp3) is 0.167. The van der Waals surface area contributed by atoms with E-state index >= 15 is 0 Å². The van der Waals surface area contributed by atoms with Gasteiger partial charge in [0.25, 0.3) is 0 Å². The van der Waals surface area contributed by atoms with E-state index in [0.717, 1.165) is 10.9 Å². The van der Waals surface area contributed by atoms with Crippen molar-refractivity contribution in [2.24, 2.45) is 0 Å². The van der Waals surface area contributed by atoms with Gasteiger partial charge in [0.05, 0.1) is 6.04 Å². The Morgan fingerprint density at radius 1 is 1.00 bits per heavy atom. The summed E-state index contributed by atoms with van der Waals surface area (Å²) in [4.78, 5) is 0. The van der Waals surface area contributed by atoms with E-state index in [9.17, 15) is 5.73 Å². The first-order valence-corrected chi connectivity index (χ1v) is 4.45. The topological polar surface area (TPSA) is 22.3 Å². The van der Waals surface area contributed by atoms with E-state index in [1.807, 2.05) is 30.3 Å². The van der Waals surface area contributed by atoms with Crippen molar-refractivity contribution in [3.05, 3.63) is 48.0 Å². The van der Waals surface area contributed by atoms with Crippen molar-refractivity contribution in [1.82, 2.24) is 5.73 Å². The highest BCUT2D eigenvalue weighted by atomic mass is 14.6. The molecule has 0 unspecified atom stereocenters. The SMILES string of the molecule is C[C@@H]([N])c1cccc2ccccc12. The van der Waals surface area contributed by atoms with Gasteiger partial charge in [-0.15, -0.1) is 5.73 Å². The number of nitrogens with zero attached hydrogens (tertiary/aromatic N) is 1. The lowest BCUT2D eigenvalue weighted by Crippen LogP contribution is -1.93. The second-order valence-electron chi connectivity index (χ2n) is 3.24. The summed E-state index contributed by atoms with van der Waals surface area (Å²) in [7, 11) is 0. The van der Waals surface area contributed by atoms with Gasteiger partial charge in [-0.1, -0.05) is 42.5 Å². The van der Waals surface area contributed by atoms with Crippen LogP contribution in [0.5, 0.6) is 0 Å². The lowest BCUT2D eigenvalue weighted by Gasteiger charge is -2.07. The molecule has 0 fully saturated rings. The molecule has 2 rings (SSSR count). The molecular weight excluding hydrogens is 158 g/mol. The third-order valence-electron chi connectivity index (χ3n) is 2.27. The molecule has 2 aromatic carbocycles. The van der Waals surface area contributed by atoms with Gasteiger partial charge < -0.3 is 0 Å². The van der Waals surface area contributed by atoms with Gasteiger partial charge in [-0.25, -0.2) is 0 Å². The first-order chi connectivity index (χ1) is 6.29. The third-order valence-corrected chi connectivity index (χ3v) is 2.27. The molecule has 0 aliphatic rings. The summed E-state index contributed by atoms with van der Waals surface area (Å²) >= 11 is 0. The molecule has 0 aliphatic carbocycles. The Morgan fingerprint density at radius 3 is 2.46 bits per heavy atom. The predicted octanol–water partition coefficient (Wildman–Crippen LogP) is 2.97. The first kappa shape index (κ1) is 8.27. The summed E-state index contributed by atoms with van der Waals surface area (Å²) in [5, 5.41) is 2.32. The smallest absolute Gasteiger partial charge is 0.0660 e. The maximum absolute atomic E-state index is 9.52. The minimum absolute atomic E-state index is 0.397. The Bertz CT molecular complexity index is 413. The van der Waals surface area contributed by atoms with Crippen molar-refractivity contribution in [3.8, 4) is 0 Å². The van der Waals surface area contributed by atoms with Crippen LogP contribution in [0.3, 0.4) is 0 Å². The normalized spacial score (nSPS) is 13.1. The van der Waals surface area contributed by atoms with Gasteiger partial charge in [0, 0.05) is 0 Å². The van der Waals surface area contributed by atoms with Crippen molar-refractivity contribution in [1.29, 1.82) is 0 Å². The zero-order chi connectivity index (χ0) is 9.26. The summed E-state index contributed by atoms with van der Waals surface area (Å²) in [5.74, 6) is 0. The quantitative estimate of drug-likeness (QED) is 0.626. The van der Waals surface area contributed by atoms with Crippen LogP contribution >= 0.6 is 0 Å². The van der Waals surface area contributed by atoms with E-state index < -0.39 is 6.04 Å². The highest BCUT2D eigenvalue weighted by Crippen LogP contribution is 2.22. The Morgan fingerprint density at radius 2 is 1.69 bits per heavy atom. The molecule has 0 saturated carbocycles. The lowest BCUT2D eigenvalue weighted by molar-refractivity contribution is 0.795. The molecule has 0 aliphatic heterocycles. The lowest BCUT2D eigenvalue weighted by atomic mass is 10.0. The number of hydrogen-bond acceptors (Lipinski definition) is 0. The number of fused-ring (bicyclic) bond motifs is 1. The molecular formula is C12H11N. The molecule has 0 bridgehead atoms. The van der Waals surface area contributed by atoms with Crippen molar-refractivity contribution in [2.75, 3.05) is 0 Å². The summed E-state index contributed by atoms with van der Waals surface area (Å²) < 4.78 is 0. The van der Waals surface area contributed by atoms with Crippen LogP contribution in [0.4, 0.5) is 0 Å². The van der Waals surface area contributed by atoms with E-state index in [1.165, 1.54) is 5.39 Å². The molecule has 13 heavy (non-hydrogen) atoms. The molecule has 0 heterocycles. The predicted molar refractivity (Wildman–Crippen MR) is 54.5 cm³/mol. The van der Waals surface area contributed by atoms with Crippen LogP contribution in [0.25, 0.3) is 10.8 Å². The minimum atomic E-state index is -0.397. The third kappa shape index (κ3) is 1.43. The molecule has 64 valence electrons. The molecule has 1 atom stereocenters. The number of hydrogen-bond donors (Lipinski definition) is 0. The Balaban J connectivity index is 2.76. The van der Waals surface area contributed by atoms with Crippen LogP contribution in [-0.4, -0.2) is 0 Å². The molecule has 1 heteroatoms. The van der Waals surface area contributed by atoms with Crippen LogP contribution in [0, 0.1) is 0 Å². The zero-order valence-corrected chi connectivity index (χ0v) is 7.57. The van der Waals surface area contributed by atoms with Crippen molar-refractivity contribution < 1.29 is 0 Å². The number of benzene rings is 2. The van der Waals surface area contributed by atoms with Crippen molar-refractivity contribution in [3.63, 3.8) is 0 Å². The Kier molecular flexibility index (Phi) is 2.03. The Labute approximate surface area is 78.2 Å². The molecule has 0 aromatic heterocycles. The van der Waals surface area contributed by atoms with Gasteiger partial charge in [0.15, 0.2) is 0 Å². The molecule has 0 amide bonds. The van der Waals surface area contributed by atoms with Gasteiger partial charge in [0.1, 0.15) is 0 Å². The van der Waals surface area contributed by atoms with Gasteiger partial charge in [-0.3, -0.25) is 0 Å². The maximum atomic E-state index is 9.52. The zero-order valence-electron chi connectivity index (χ0n) is 7.57. The van der Waals surface area contributed by atoms with Crippen LogP contribution in [0.1, 0.15) is 18.5 Å². The fourth-order valence-electron chi connectivity index (χ4n) is 1.61. The summed E-state index contributed by atoms with van der Waals surface area (Å²) in [6.45, 7) is 1.79. The molecule has 0 spiro atoms. The molecule has 2 aromatic rings. The Hall–Kier alpha value is -1.34. The average molecular weight is 169 g/mol. The first-order valence-electron chi connectivity index (χ1n) is 4.45. The van der Waals surface area contributed by atoms with Crippen LogP contribution < -0.4 is 5.73 Å². The van der Waals surface area contributed by atoms with Crippen LogP contribution in [0.2, 0.25) is 0 Å². The maximum Gasteiger partial charge on any atom is 0.0660 e. The van der Waals surface area contributed by atoms with Crippen LogP contribution in [-0.2, 0) is 0 Å². The molecule has 1 nitrogen and oxygen atoms in total. The standard InChI is InChI=1S/C12H11N/c1-9(13)11-8-4-6-10-5-2-3-7-12(10)11/h2-9H,1H3/t9-/m1/s1.